The second-order valence-corrected chi connectivity index (χ2v) is 5.08. The van der Waals surface area contributed by atoms with Crippen LogP contribution in [-0.2, 0) is 0 Å². The van der Waals surface area contributed by atoms with Crippen LogP contribution in [-0.4, -0.2) is 29.9 Å². The summed E-state index contributed by atoms with van der Waals surface area (Å²) in [5.41, 5.74) is 0.470. The Morgan fingerprint density at radius 1 is 1.00 bits per heavy atom. The molecule has 0 fully saturated rings. The van der Waals surface area contributed by atoms with Crippen LogP contribution in [0, 0.1) is 0 Å². The van der Waals surface area contributed by atoms with E-state index in [0.717, 1.165) is 20.2 Å². The number of hydrogen-bond acceptors (Lipinski definition) is 5. The highest BCUT2D eigenvalue weighted by Gasteiger charge is 2.18. The molecular formula is C12H9B2O4S. The summed E-state index contributed by atoms with van der Waals surface area (Å²) in [5, 5.41) is 29.5. The molecule has 0 saturated heterocycles. The molecule has 1 heterocycles. The van der Waals surface area contributed by atoms with E-state index in [2.05, 4.69) is 0 Å². The molecule has 3 rings (SSSR count). The quantitative estimate of drug-likeness (QED) is 0.611. The van der Waals surface area contributed by atoms with Crippen molar-refractivity contribution >= 4 is 51.8 Å². The van der Waals surface area contributed by atoms with E-state index >= 15 is 0 Å². The first-order chi connectivity index (χ1) is 9.22. The van der Waals surface area contributed by atoms with Gasteiger partial charge >= 0.3 is 14.8 Å². The van der Waals surface area contributed by atoms with Gasteiger partial charge in [0.1, 0.15) is 5.75 Å². The van der Waals surface area contributed by atoms with Crippen LogP contribution < -0.4 is 10.1 Å². The van der Waals surface area contributed by atoms with Gasteiger partial charge in [-0.05, 0) is 11.5 Å². The highest BCUT2D eigenvalue weighted by Crippen LogP contribution is 2.38. The van der Waals surface area contributed by atoms with Gasteiger partial charge in [-0.25, -0.2) is 0 Å². The maximum absolute atomic E-state index is 9.40. The van der Waals surface area contributed by atoms with Crippen molar-refractivity contribution in [3.63, 3.8) is 0 Å². The average molecular weight is 271 g/mol. The van der Waals surface area contributed by atoms with Crippen LogP contribution in [0.25, 0.3) is 20.2 Å². The SMILES string of the molecule is O[B]Oc1cccc2c1sc1c(B(O)O)cccc12. The lowest BCUT2D eigenvalue weighted by molar-refractivity contribution is 0.426. The Balaban J connectivity index is 2.38. The standard InChI is InChI=1S/C12H9B2O4S/c15-13-18-10-6-2-4-8-7-3-1-5-9(14(16)17)11(7)19-12(8)10/h1-6,15-17H. The molecular weight excluding hydrogens is 262 g/mol. The van der Waals surface area contributed by atoms with Crippen molar-refractivity contribution in [2.24, 2.45) is 0 Å². The smallest absolute Gasteiger partial charge is 0.536 e. The Bertz CT molecular complexity index is 741. The molecule has 3 N–H and O–H groups in total. The monoisotopic (exact) mass is 271 g/mol. The van der Waals surface area contributed by atoms with Crippen LogP contribution in [0.1, 0.15) is 0 Å². The van der Waals surface area contributed by atoms with Gasteiger partial charge in [0.15, 0.2) is 0 Å². The Kier molecular flexibility index (Phi) is 3.20. The normalized spacial score (nSPS) is 10.9. The van der Waals surface area contributed by atoms with Crippen LogP contribution in [0.3, 0.4) is 0 Å². The average Bonchev–Trinajstić information content (AvgIpc) is 2.78. The van der Waals surface area contributed by atoms with Gasteiger partial charge in [0.05, 0.1) is 4.70 Å². The van der Waals surface area contributed by atoms with Gasteiger partial charge in [-0.3, -0.25) is 0 Å². The second-order valence-electron chi connectivity index (χ2n) is 4.06. The number of fused-ring (bicyclic) bond motifs is 3. The van der Waals surface area contributed by atoms with Crippen molar-refractivity contribution in [2.75, 3.05) is 0 Å². The van der Waals surface area contributed by atoms with E-state index in [1.807, 2.05) is 18.2 Å². The lowest BCUT2D eigenvalue weighted by Gasteiger charge is -2.01. The van der Waals surface area contributed by atoms with Crippen LogP contribution in [0.15, 0.2) is 36.4 Å². The third-order valence-corrected chi connectivity index (χ3v) is 4.26. The first-order valence-corrected chi connectivity index (χ1v) is 6.47. The first-order valence-electron chi connectivity index (χ1n) is 5.65. The van der Waals surface area contributed by atoms with Crippen LogP contribution in [0.2, 0.25) is 0 Å². The minimum Gasteiger partial charge on any atom is -0.536 e. The molecule has 0 aliphatic carbocycles. The zero-order valence-corrected chi connectivity index (χ0v) is 10.6. The minimum atomic E-state index is -1.51. The molecule has 1 radical (unpaired) electrons. The minimum absolute atomic E-state index is 0.470. The summed E-state index contributed by atoms with van der Waals surface area (Å²) in [6, 6.07) is 10.9. The molecule has 1 aromatic heterocycles. The van der Waals surface area contributed by atoms with Gasteiger partial charge in [-0.15, -0.1) is 11.3 Å². The molecule has 7 heteroatoms. The van der Waals surface area contributed by atoms with Crippen molar-refractivity contribution in [3.05, 3.63) is 36.4 Å². The molecule has 0 aliphatic rings. The van der Waals surface area contributed by atoms with Crippen molar-refractivity contribution in [2.45, 2.75) is 0 Å². The van der Waals surface area contributed by atoms with Gasteiger partial charge in [0, 0.05) is 15.5 Å². The van der Waals surface area contributed by atoms with Crippen LogP contribution >= 0.6 is 11.3 Å². The van der Waals surface area contributed by atoms with E-state index in [0.29, 0.717) is 18.9 Å². The maximum Gasteiger partial charge on any atom is 0.569 e. The topological polar surface area (TPSA) is 69.9 Å². The molecule has 0 saturated carbocycles. The molecule has 0 atom stereocenters. The number of hydrogen-bond donors (Lipinski definition) is 3. The summed E-state index contributed by atoms with van der Waals surface area (Å²) in [5.74, 6) is 0.541. The number of rotatable bonds is 3. The van der Waals surface area contributed by atoms with Gasteiger partial charge in [0.2, 0.25) is 0 Å². The second kappa shape index (κ2) is 4.86. The predicted octanol–water partition coefficient (Wildman–Crippen LogP) is 0.640. The highest BCUT2D eigenvalue weighted by atomic mass is 32.1. The predicted molar refractivity (Wildman–Crippen MR) is 77.8 cm³/mol. The molecule has 3 aromatic rings. The van der Waals surface area contributed by atoms with E-state index in [1.165, 1.54) is 11.3 Å². The molecule has 0 bridgehead atoms. The Morgan fingerprint density at radius 2 is 1.68 bits per heavy atom. The lowest BCUT2D eigenvalue weighted by atomic mass is 9.80. The van der Waals surface area contributed by atoms with Gasteiger partial charge in [-0.1, -0.05) is 30.3 Å². The number of benzene rings is 2. The Labute approximate surface area is 114 Å². The van der Waals surface area contributed by atoms with Crippen molar-refractivity contribution in [1.82, 2.24) is 0 Å². The zero-order chi connectivity index (χ0) is 13.4. The fourth-order valence-corrected chi connectivity index (χ4v) is 3.46. The van der Waals surface area contributed by atoms with Gasteiger partial charge < -0.3 is 19.7 Å². The first kappa shape index (κ1) is 12.5. The molecule has 93 valence electrons. The van der Waals surface area contributed by atoms with E-state index in [4.69, 9.17) is 9.68 Å². The lowest BCUT2D eigenvalue weighted by Crippen LogP contribution is -2.29. The molecule has 0 amide bonds. The van der Waals surface area contributed by atoms with Gasteiger partial charge in [0.25, 0.3) is 0 Å². The molecule has 2 aromatic carbocycles. The third kappa shape index (κ3) is 2.01. The fourth-order valence-electron chi connectivity index (χ4n) is 2.17. The summed E-state index contributed by atoms with van der Waals surface area (Å²) in [6.45, 7) is 0. The third-order valence-electron chi connectivity index (χ3n) is 2.98. The molecule has 0 aliphatic heterocycles. The maximum atomic E-state index is 9.40. The molecule has 0 spiro atoms. The summed E-state index contributed by atoms with van der Waals surface area (Å²) in [7, 11) is -0.869. The molecule has 4 nitrogen and oxygen atoms in total. The van der Waals surface area contributed by atoms with E-state index in [-0.39, 0.29) is 0 Å². The van der Waals surface area contributed by atoms with Crippen molar-refractivity contribution in [3.8, 4) is 5.75 Å². The largest absolute Gasteiger partial charge is 0.569 e. The highest BCUT2D eigenvalue weighted by molar-refractivity contribution is 7.27. The zero-order valence-electron chi connectivity index (χ0n) is 9.78. The van der Waals surface area contributed by atoms with Gasteiger partial charge in [-0.2, -0.15) is 0 Å². The molecule has 0 unspecified atom stereocenters. The summed E-state index contributed by atoms with van der Waals surface area (Å²) in [6.07, 6.45) is 0. The number of thiophene rings is 1. The fraction of sp³-hybridized carbons (Fsp3) is 0. The summed E-state index contributed by atoms with van der Waals surface area (Å²) in [4.78, 5) is 0. The Morgan fingerprint density at radius 3 is 2.37 bits per heavy atom. The Hall–Kier alpha value is -1.53. The summed E-state index contributed by atoms with van der Waals surface area (Å²) >= 11 is 1.41. The van der Waals surface area contributed by atoms with Crippen LogP contribution in [0.5, 0.6) is 5.75 Å². The van der Waals surface area contributed by atoms with Crippen LogP contribution in [0.4, 0.5) is 0 Å². The van der Waals surface area contributed by atoms with E-state index in [9.17, 15) is 10.0 Å². The van der Waals surface area contributed by atoms with E-state index in [1.54, 1.807) is 18.2 Å². The molecule has 19 heavy (non-hydrogen) atoms. The van der Waals surface area contributed by atoms with E-state index < -0.39 is 7.12 Å². The summed E-state index contributed by atoms with van der Waals surface area (Å²) < 4.78 is 6.73. The van der Waals surface area contributed by atoms with Crippen molar-refractivity contribution in [1.29, 1.82) is 0 Å². The van der Waals surface area contributed by atoms with Crippen molar-refractivity contribution < 1.29 is 19.7 Å².